The molecule has 1 aliphatic heterocycles. The van der Waals surface area contributed by atoms with E-state index < -0.39 is 0 Å². The minimum absolute atomic E-state index is 0.0371. The maximum Gasteiger partial charge on any atom is 0.201 e. The Morgan fingerprint density at radius 2 is 2.08 bits per heavy atom. The van der Waals surface area contributed by atoms with Gasteiger partial charge in [0.05, 0.1) is 42.6 Å². The second kappa shape index (κ2) is 10.0. The first-order valence-electron chi connectivity index (χ1n) is 11.5. The van der Waals surface area contributed by atoms with Crippen molar-refractivity contribution >= 4 is 28.5 Å². The molecule has 12 heteroatoms. The fraction of sp³-hybridized carbons (Fsp3) is 0.292. The molecule has 1 saturated heterocycles. The SMILES string of the molecule is N#CCc1ccc(N2CCN(CCn3ncc4/c(=N/C(=N)c5ccco5)[nH]c(N)nc43)CC2)c(F)c1. The van der Waals surface area contributed by atoms with Crippen LogP contribution in [0.25, 0.3) is 11.0 Å². The summed E-state index contributed by atoms with van der Waals surface area (Å²) < 4.78 is 21.5. The molecule has 0 atom stereocenters. The number of anilines is 2. The van der Waals surface area contributed by atoms with Gasteiger partial charge in [-0.25, -0.2) is 14.1 Å². The molecule has 4 aromatic rings. The number of nitrogen functional groups attached to an aromatic ring is 1. The molecule has 3 aromatic heterocycles. The van der Waals surface area contributed by atoms with E-state index in [1.54, 1.807) is 29.1 Å². The van der Waals surface area contributed by atoms with Gasteiger partial charge in [0.1, 0.15) is 11.3 Å². The van der Waals surface area contributed by atoms with Gasteiger partial charge in [0.25, 0.3) is 0 Å². The lowest BCUT2D eigenvalue weighted by atomic mass is 10.1. The van der Waals surface area contributed by atoms with Crippen LogP contribution in [-0.2, 0) is 13.0 Å². The molecule has 1 aliphatic rings. The molecule has 1 aromatic carbocycles. The third-order valence-corrected chi connectivity index (χ3v) is 6.15. The van der Waals surface area contributed by atoms with Gasteiger partial charge in [-0.3, -0.25) is 10.3 Å². The summed E-state index contributed by atoms with van der Waals surface area (Å²) in [4.78, 5) is 15.9. The van der Waals surface area contributed by atoms with Crippen LogP contribution in [-0.4, -0.2) is 63.2 Å². The summed E-state index contributed by atoms with van der Waals surface area (Å²) in [5, 5.41) is 22.1. The van der Waals surface area contributed by atoms with Crippen molar-refractivity contribution in [2.45, 2.75) is 13.0 Å². The second-order valence-corrected chi connectivity index (χ2v) is 8.46. The Hall–Kier alpha value is -4.50. The highest BCUT2D eigenvalue weighted by Gasteiger charge is 2.20. The Labute approximate surface area is 205 Å². The van der Waals surface area contributed by atoms with Gasteiger partial charge in [0.15, 0.2) is 17.2 Å². The number of rotatable bonds is 6. The van der Waals surface area contributed by atoms with Crippen LogP contribution in [0, 0.1) is 22.6 Å². The number of nitrogens with two attached hydrogens (primary N) is 1. The molecule has 0 spiro atoms. The summed E-state index contributed by atoms with van der Waals surface area (Å²) in [6.07, 6.45) is 3.34. The first-order valence-corrected chi connectivity index (χ1v) is 11.5. The summed E-state index contributed by atoms with van der Waals surface area (Å²) in [6, 6.07) is 10.4. The Balaban J connectivity index is 1.25. The van der Waals surface area contributed by atoms with E-state index in [1.807, 2.05) is 17.0 Å². The van der Waals surface area contributed by atoms with E-state index in [2.05, 4.69) is 25.0 Å². The number of nitrogens with one attached hydrogen (secondary N) is 2. The van der Waals surface area contributed by atoms with E-state index in [-0.39, 0.29) is 24.0 Å². The Kier molecular flexibility index (Phi) is 6.46. The van der Waals surface area contributed by atoms with Crippen molar-refractivity contribution in [2.75, 3.05) is 43.4 Å². The zero-order valence-corrected chi connectivity index (χ0v) is 19.5. The lowest BCUT2D eigenvalue weighted by Gasteiger charge is -2.36. The Morgan fingerprint density at radius 1 is 1.25 bits per heavy atom. The number of amidine groups is 1. The molecule has 0 amide bonds. The number of hydrogen-bond donors (Lipinski definition) is 3. The van der Waals surface area contributed by atoms with E-state index in [0.29, 0.717) is 53.2 Å². The number of H-pyrrole nitrogens is 1. The molecule has 0 saturated carbocycles. The number of piperazine rings is 1. The van der Waals surface area contributed by atoms with Crippen molar-refractivity contribution in [1.29, 1.82) is 10.7 Å². The van der Waals surface area contributed by atoms with Crippen LogP contribution in [0.5, 0.6) is 0 Å². The van der Waals surface area contributed by atoms with Gasteiger partial charge in [-0.1, -0.05) is 6.07 Å². The molecule has 4 heterocycles. The minimum Gasteiger partial charge on any atom is -0.461 e. The predicted molar refractivity (Wildman–Crippen MR) is 132 cm³/mol. The van der Waals surface area contributed by atoms with Crippen LogP contribution in [0.15, 0.2) is 52.2 Å². The molecule has 0 aliphatic carbocycles. The molecule has 184 valence electrons. The van der Waals surface area contributed by atoms with E-state index >= 15 is 0 Å². The summed E-state index contributed by atoms with van der Waals surface area (Å²) in [7, 11) is 0. The van der Waals surface area contributed by atoms with Gasteiger partial charge < -0.3 is 20.0 Å². The van der Waals surface area contributed by atoms with Crippen LogP contribution in [0.3, 0.4) is 0 Å². The molecule has 1 fully saturated rings. The Morgan fingerprint density at radius 3 is 2.81 bits per heavy atom. The van der Waals surface area contributed by atoms with Gasteiger partial charge in [-0.2, -0.15) is 15.3 Å². The highest BCUT2D eigenvalue weighted by Crippen LogP contribution is 2.22. The molecule has 5 rings (SSSR count). The summed E-state index contributed by atoms with van der Waals surface area (Å²) in [5.74, 6) is 0.189. The highest BCUT2D eigenvalue weighted by atomic mass is 19.1. The normalized spacial score (nSPS) is 14.9. The first kappa shape index (κ1) is 23.3. The van der Waals surface area contributed by atoms with Crippen molar-refractivity contribution in [3.63, 3.8) is 0 Å². The number of aromatic nitrogens is 4. The third-order valence-electron chi connectivity index (χ3n) is 6.15. The quantitative estimate of drug-likeness (QED) is 0.277. The fourth-order valence-electron chi connectivity index (χ4n) is 4.28. The van der Waals surface area contributed by atoms with Crippen LogP contribution in [0.4, 0.5) is 16.0 Å². The van der Waals surface area contributed by atoms with Crippen molar-refractivity contribution in [3.8, 4) is 6.07 Å². The van der Waals surface area contributed by atoms with Gasteiger partial charge in [-0.05, 0) is 29.8 Å². The number of nitrogens with zero attached hydrogens (tertiary/aromatic N) is 7. The van der Waals surface area contributed by atoms with Crippen molar-refractivity contribution in [2.24, 2.45) is 4.99 Å². The van der Waals surface area contributed by atoms with Crippen LogP contribution >= 0.6 is 0 Å². The largest absolute Gasteiger partial charge is 0.461 e. The lowest BCUT2D eigenvalue weighted by molar-refractivity contribution is 0.245. The van der Waals surface area contributed by atoms with Gasteiger partial charge in [-0.15, -0.1) is 0 Å². The van der Waals surface area contributed by atoms with Crippen LogP contribution in [0.2, 0.25) is 0 Å². The molecule has 36 heavy (non-hydrogen) atoms. The number of hydrogen-bond acceptors (Lipinski definition) is 8. The van der Waals surface area contributed by atoms with Gasteiger partial charge >= 0.3 is 0 Å². The molecule has 4 N–H and O–H groups in total. The number of aromatic amines is 1. The monoisotopic (exact) mass is 488 g/mol. The van der Waals surface area contributed by atoms with Crippen LogP contribution < -0.4 is 16.1 Å². The first-order chi connectivity index (χ1) is 17.5. The average molecular weight is 489 g/mol. The predicted octanol–water partition coefficient (Wildman–Crippen LogP) is 1.89. The summed E-state index contributed by atoms with van der Waals surface area (Å²) in [6.45, 7) is 4.29. The molecule has 0 bridgehead atoms. The number of nitriles is 1. The summed E-state index contributed by atoms with van der Waals surface area (Å²) in [5.41, 5.74) is 8.20. The maximum atomic E-state index is 14.5. The topological polar surface area (TPSA) is 152 Å². The third kappa shape index (κ3) is 4.82. The molecular formula is C24H25FN10O. The lowest BCUT2D eigenvalue weighted by Crippen LogP contribution is -2.47. The number of halogens is 1. The number of fused-ring (bicyclic) bond motifs is 1. The average Bonchev–Trinajstić information content (AvgIpc) is 3.54. The van der Waals surface area contributed by atoms with E-state index in [4.69, 9.17) is 20.8 Å². The molecule has 11 nitrogen and oxygen atoms in total. The van der Waals surface area contributed by atoms with E-state index in [9.17, 15) is 4.39 Å². The standard InChI is InChI=1S/C24H25FN10O/c25-18-14-16(5-6-26)3-4-19(18)34-10-7-33(8-11-34)9-12-35-23-17(15-29-35)22(31-24(28)32-23)30-21(27)20-2-1-13-36-20/h1-4,13-15H,5,7-12H2,(H4,27,28,30,31,32). The van der Waals surface area contributed by atoms with Crippen molar-refractivity contribution in [3.05, 3.63) is 65.4 Å². The summed E-state index contributed by atoms with van der Waals surface area (Å²) >= 11 is 0. The number of furan rings is 1. The minimum atomic E-state index is -0.291. The van der Waals surface area contributed by atoms with Gasteiger partial charge in [0.2, 0.25) is 5.95 Å². The Bertz CT molecular complexity index is 1490. The van der Waals surface area contributed by atoms with Crippen molar-refractivity contribution < 1.29 is 8.81 Å². The zero-order valence-electron chi connectivity index (χ0n) is 19.5. The van der Waals surface area contributed by atoms with E-state index in [1.165, 1.54) is 12.3 Å². The molecule has 0 unspecified atom stereocenters. The maximum absolute atomic E-state index is 14.5. The second-order valence-electron chi connectivity index (χ2n) is 8.46. The van der Waals surface area contributed by atoms with Crippen LogP contribution in [0.1, 0.15) is 11.3 Å². The van der Waals surface area contributed by atoms with E-state index in [0.717, 1.165) is 19.6 Å². The van der Waals surface area contributed by atoms with Gasteiger partial charge in [0, 0.05) is 32.7 Å². The molecule has 0 radical (unpaired) electrons. The zero-order chi connectivity index (χ0) is 25.1. The fourth-order valence-corrected chi connectivity index (χ4v) is 4.28. The molecular weight excluding hydrogens is 463 g/mol. The van der Waals surface area contributed by atoms with Crippen molar-refractivity contribution in [1.82, 2.24) is 24.6 Å². The smallest absolute Gasteiger partial charge is 0.201 e. The highest BCUT2D eigenvalue weighted by molar-refractivity contribution is 5.95. The number of benzene rings is 1.